The molecule has 0 aromatic heterocycles. The van der Waals surface area contributed by atoms with Gasteiger partial charge in [-0.15, -0.1) is 0 Å². The Morgan fingerprint density at radius 1 is 0.861 bits per heavy atom. The third-order valence-corrected chi connectivity index (χ3v) is 6.70. The fraction of sp³-hybridized carbons (Fsp3) is 0.310. The Morgan fingerprint density at radius 3 is 1.92 bits per heavy atom. The summed E-state index contributed by atoms with van der Waals surface area (Å²) in [6.45, 7) is 3.96. The van der Waals surface area contributed by atoms with E-state index in [1.807, 2.05) is 31.2 Å². The number of aryl methyl sites for hydroxylation is 1. The van der Waals surface area contributed by atoms with Crippen LogP contribution in [0.15, 0.2) is 72.8 Å². The van der Waals surface area contributed by atoms with Crippen LogP contribution in [-0.2, 0) is 16.0 Å². The van der Waals surface area contributed by atoms with Crippen LogP contribution in [0.3, 0.4) is 0 Å². The molecule has 1 aliphatic rings. The monoisotopic (exact) mass is 492 g/mol. The molecule has 36 heavy (non-hydrogen) atoms. The molecule has 1 heterocycles. The maximum Gasteiger partial charge on any atom is 0.304 e. The maximum absolute atomic E-state index is 13.6. The number of carboxylic acids is 1. The van der Waals surface area contributed by atoms with Crippen molar-refractivity contribution in [3.8, 4) is 0 Å². The highest BCUT2D eigenvalue weighted by molar-refractivity contribution is 5.83. The van der Waals surface area contributed by atoms with E-state index in [1.54, 1.807) is 29.2 Å². The highest BCUT2D eigenvalue weighted by atomic mass is 19.1. The number of piperazine rings is 1. The van der Waals surface area contributed by atoms with E-state index >= 15 is 0 Å². The lowest BCUT2D eigenvalue weighted by atomic mass is 9.93. The first-order chi connectivity index (χ1) is 17.3. The van der Waals surface area contributed by atoms with Crippen molar-refractivity contribution < 1.29 is 23.5 Å². The minimum absolute atomic E-state index is 0.154. The Balaban J connectivity index is 1.49. The lowest BCUT2D eigenvalue weighted by Crippen LogP contribution is -2.51. The van der Waals surface area contributed by atoms with Crippen molar-refractivity contribution in [2.45, 2.75) is 25.8 Å². The standard InChI is InChI=1S/C29H30F2N2O3/c1-20-3-2-4-21(17-20)18-24(19-27(34)35)29(36)33-15-13-32(14-16-33)28(22-5-9-25(30)10-6-22)23-7-11-26(31)12-8-23/h2-12,17,24,28H,13-16,18-19H2,1H3,(H,34,35). The highest BCUT2D eigenvalue weighted by Gasteiger charge is 2.32. The first-order valence-electron chi connectivity index (χ1n) is 12.1. The smallest absolute Gasteiger partial charge is 0.304 e. The molecule has 1 saturated heterocycles. The van der Waals surface area contributed by atoms with Crippen LogP contribution in [-0.4, -0.2) is 53.0 Å². The predicted octanol–water partition coefficient (Wildman–Crippen LogP) is 4.84. The number of aliphatic carboxylic acids is 1. The number of hydrogen-bond acceptors (Lipinski definition) is 3. The van der Waals surface area contributed by atoms with Gasteiger partial charge < -0.3 is 10.0 Å². The molecule has 1 N–H and O–H groups in total. The maximum atomic E-state index is 13.6. The molecule has 0 radical (unpaired) electrons. The molecule has 188 valence electrons. The number of carbonyl (C=O) groups is 2. The number of hydrogen-bond donors (Lipinski definition) is 1. The highest BCUT2D eigenvalue weighted by Crippen LogP contribution is 2.30. The molecule has 0 spiro atoms. The second kappa shape index (κ2) is 11.4. The van der Waals surface area contributed by atoms with Crippen molar-refractivity contribution in [2.24, 2.45) is 5.92 Å². The summed E-state index contributed by atoms with van der Waals surface area (Å²) in [5.74, 6) is -2.44. The predicted molar refractivity (Wildman–Crippen MR) is 133 cm³/mol. The van der Waals surface area contributed by atoms with Gasteiger partial charge in [-0.1, -0.05) is 54.1 Å². The van der Waals surface area contributed by atoms with Crippen LogP contribution in [0.2, 0.25) is 0 Å². The van der Waals surface area contributed by atoms with E-state index in [4.69, 9.17) is 0 Å². The van der Waals surface area contributed by atoms with Gasteiger partial charge in [0.05, 0.1) is 18.4 Å². The van der Waals surface area contributed by atoms with Gasteiger partial charge in [-0.25, -0.2) is 8.78 Å². The summed E-state index contributed by atoms with van der Waals surface area (Å²) in [5, 5.41) is 9.44. The van der Waals surface area contributed by atoms with Gasteiger partial charge in [-0.2, -0.15) is 0 Å². The van der Waals surface area contributed by atoms with Crippen LogP contribution in [0.1, 0.15) is 34.7 Å². The molecular formula is C29H30F2N2O3. The fourth-order valence-corrected chi connectivity index (χ4v) is 4.94. The summed E-state index contributed by atoms with van der Waals surface area (Å²) in [7, 11) is 0. The zero-order valence-electron chi connectivity index (χ0n) is 20.2. The molecule has 1 unspecified atom stereocenters. The number of benzene rings is 3. The second-order valence-electron chi connectivity index (χ2n) is 9.35. The minimum atomic E-state index is -0.993. The van der Waals surface area contributed by atoms with Crippen LogP contribution in [0.5, 0.6) is 0 Å². The normalized spacial score (nSPS) is 15.2. The van der Waals surface area contributed by atoms with Gasteiger partial charge in [0.2, 0.25) is 5.91 Å². The van der Waals surface area contributed by atoms with Gasteiger partial charge in [0, 0.05) is 26.2 Å². The van der Waals surface area contributed by atoms with E-state index < -0.39 is 11.9 Å². The quantitative estimate of drug-likeness (QED) is 0.489. The van der Waals surface area contributed by atoms with Crippen molar-refractivity contribution >= 4 is 11.9 Å². The van der Waals surface area contributed by atoms with E-state index in [1.165, 1.54) is 24.3 Å². The molecule has 1 fully saturated rings. The zero-order chi connectivity index (χ0) is 25.7. The van der Waals surface area contributed by atoms with Crippen LogP contribution in [0, 0.1) is 24.5 Å². The third-order valence-electron chi connectivity index (χ3n) is 6.70. The Hall–Kier alpha value is -3.58. The van der Waals surface area contributed by atoms with E-state index in [-0.39, 0.29) is 30.0 Å². The van der Waals surface area contributed by atoms with Gasteiger partial charge in [-0.3, -0.25) is 14.5 Å². The van der Waals surface area contributed by atoms with Crippen LogP contribution in [0.25, 0.3) is 0 Å². The lowest BCUT2D eigenvalue weighted by Gasteiger charge is -2.40. The molecule has 7 heteroatoms. The van der Waals surface area contributed by atoms with Gasteiger partial charge >= 0.3 is 5.97 Å². The molecule has 0 saturated carbocycles. The van der Waals surface area contributed by atoms with Crippen molar-refractivity contribution in [1.29, 1.82) is 0 Å². The molecule has 0 bridgehead atoms. The van der Waals surface area contributed by atoms with Crippen molar-refractivity contribution in [2.75, 3.05) is 26.2 Å². The topological polar surface area (TPSA) is 60.9 Å². The Kier molecular flexibility index (Phi) is 8.10. The van der Waals surface area contributed by atoms with Gasteiger partial charge in [0.15, 0.2) is 0 Å². The molecule has 0 aliphatic carbocycles. The van der Waals surface area contributed by atoms with Crippen LogP contribution >= 0.6 is 0 Å². The first-order valence-corrected chi connectivity index (χ1v) is 12.1. The SMILES string of the molecule is Cc1cccc(CC(CC(=O)O)C(=O)N2CCN(C(c3ccc(F)cc3)c3ccc(F)cc3)CC2)c1. The number of halogens is 2. The zero-order valence-corrected chi connectivity index (χ0v) is 20.2. The second-order valence-corrected chi connectivity index (χ2v) is 9.35. The molecule has 1 atom stereocenters. The fourth-order valence-electron chi connectivity index (χ4n) is 4.94. The average Bonchev–Trinajstić information content (AvgIpc) is 2.86. The van der Waals surface area contributed by atoms with Gasteiger partial charge in [-0.05, 0) is 54.3 Å². The van der Waals surface area contributed by atoms with Crippen molar-refractivity contribution in [3.05, 3.63) is 107 Å². The summed E-state index contributed by atoms with van der Waals surface area (Å²) in [4.78, 5) is 28.8. The van der Waals surface area contributed by atoms with E-state index in [0.717, 1.165) is 22.3 Å². The Bertz CT molecular complexity index is 1140. The summed E-state index contributed by atoms with van der Waals surface area (Å²) in [5.41, 5.74) is 3.77. The molecule has 4 rings (SSSR count). The summed E-state index contributed by atoms with van der Waals surface area (Å²) >= 11 is 0. The third kappa shape index (κ3) is 6.34. The lowest BCUT2D eigenvalue weighted by molar-refractivity contribution is -0.145. The van der Waals surface area contributed by atoms with Crippen LogP contribution in [0.4, 0.5) is 8.78 Å². The van der Waals surface area contributed by atoms with Gasteiger partial charge in [0.1, 0.15) is 11.6 Å². The largest absolute Gasteiger partial charge is 0.481 e. The van der Waals surface area contributed by atoms with Crippen LogP contribution < -0.4 is 0 Å². The van der Waals surface area contributed by atoms with E-state index in [2.05, 4.69) is 4.90 Å². The summed E-state index contributed by atoms with van der Waals surface area (Å²) in [6.07, 6.45) is 0.154. The Morgan fingerprint density at radius 2 is 1.42 bits per heavy atom. The molecule has 1 amide bonds. The van der Waals surface area contributed by atoms with Crippen molar-refractivity contribution in [3.63, 3.8) is 0 Å². The van der Waals surface area contributed by atoms with Gasteiger partial charge in [0.25, 0.3) is 0 Å². The molecule has 1 aliphatic heterocycles. The summed E-state index contributed by atoms with van der Waals surface area (Å²) < 4.78 is 27.2. The first kappa shape index (κ1) is 25.5. The molecular weight excluding hydrogens is 462 g/mol. The number of amides is 1. The number of carboxylic acid groups (broad SMARTS) is 1. The minimum Gasteiger partial charge on any atom is -0.481 e. The number of carbonyl (C=O) groups excluding carboxylic acids is 1. The number of rotatable bonds is 8. The van der Waals surface area contributed by atoms with E-state index in [9.17, 15) is 23.5 Å². The van der Waals surface area contributed by atoms with E-state index in [0.29, 0.717) is 32.6 Å². The Labute approximate surface area is 210 Å². The average molecular weight is 493 g/mol. The number of nitrogens with zero attached hydrogens (tertiary/aromatic N) is 2. The summed E-state index contributed by atoms with van der Waals surface area (Å²) in [6, 6.07) is 20.1. The molecule has 5 nitrogen and oxygen atoms in total. The van der Waals surface area contributed by atoms with Crippen molar-refractivity contribution in [1.82, 2.24) is 9.80 Å². The molecule has 3 aromatic rings. The molecule has 3 aromatic carbocycles.